The Kier molecular flexibility index (Phi) is 10.1. The lowest BCUT2D eigenvalue weighted by atomic mass is 9.87. The van der Waals surface area contributed by atoms with E-state index in [1.165, 1.54) is 0 Å². The summed E-state index contributed by atoms with van der Waals surface area (Å²) in [6.07, 6.45) is 0. The first kappa shape index (κ1) is 36.7. The molecule has 56 heavy (non-hydrogen) atoms. The molecule has 2 aromatic heterocycles. The third-order valence-corrected chi connectivity index (χ3v) is 12.4. The lowest BCUT2D eigenvalue weighted by Gasteiger charge is -2.17. The van der Waals surface area contributed by atoms with Crippen LogP contribution in [0.1, 0.15) is 15.9 Å². The smallest absolute Gasteiger partial charge is 0.194 e. The number of methoxy groups -OCH3 is 6. The molecule has 9 heteroatoms. The van der Waals surface area contributed by atoms with E-state index in [1.54, 1.807) is 65.3 Å². The molecular formula is C47H38O7S2. The Balaban J connectivity index is 1.38. The molecule has 7 nitrogen and oxygen atoms in total. The summed E-state index contributed by atoms with van der Waals surface area (Å²) in [7, 11) is 9.92. The monoisotopic (exact) mass is 778 g/mol. The quantitative estimate of drug-likeness (QED) is 0.114. The Morgan fingerprint density at radius 3 is 1.07 bits per heavy atom. The first-order chi connectivity index (χ1) is 27.4. The van der Waals surface area contributed by atoms with Gasteiger partial charge in [0.25, 0.3) is 0 Å². The summed E-state index contributed by atoms with van der Waals surface area (Å²) < 4.78 is 35.9. The number of fused-ring (bicyclic) bond motifs is 2. The van der Waals surface area contributed by atoms with Crippen LogP contribution in [0.4, 0.5) is 0 Å². The highest BCUT2D eigenvalue weighted by Gasteiger charge is 2.27. The third-order valence-electron chi connectivity index (χ3n) is 9.98. The third kappa shape index (κ3) is 6.59. The second-order valence-electron chi connectivity index (χ2n) is 12.9. The van der Waals surface area contributed by atoms with Gasteiger partial charge in [0.1, 0.15) is 34.5 Å². The summed E-state index contributed by atoms with van der Waals surface area (Å²) >= 11 is 3.30. The molecule has 8 rings (SSSR count). The molecule has 0 saturated heterocycles. The van der Waals surface area contributed by atoms with Crippen molar-refractivity contribution in [2.24, 2.45) is 0 Å². The van der Waals surface area contributed by atoms with Crippen molar-refractivity contribution in [1.29, 1.82) is 0 Å². The van der Waals surface area contributed by atoms with Crippen molar-refractivity contribution >= 4 is 48.6 Å². The molecule has 2 heterocycles. The Hall–Kier alpha value is -6.29. The molecule has 0 atom stereocenters. The minimum Gasteiger partial charge on any atom is -0.497 e. The Morgan fingerprint density at radius 1 is 0.393 bits per heavy atom. The molecule has 0 spiro atoms. The predicted molar refractivity (Wildman–Crippen MR) is 228 cm³/mol. The molecule has 0 amide bonds. The van der Waals surface area contributed by atoms with Crippen LogP contribution in [0, 0.1) is 0 Å². The highest BCUT2D eigenvalue weighted by molar-refractivity contribution is 7.23. The fourth-order valence-electron chi connectivity index (χ4n) is 7.09. The second kappa shape index (κ2) is 15.5. The molecule has 6 aromatic carbocycles. The van der Waals surface area contributed by atoms with Gasteiger partial charge in [0.05, 0.1) is 42.7 Å². The summed E-state index contributed by atoms with van der Waals surface area (Å²) in [5.41, 5.74) is 6.45. The first-order valence-corrected chi connectivity index (χ1v) is 19.4. The molecule has 0 unspecified atom stereocenters. The first-order valence-electron chi connectivity index (χ1n) is 17.8. The number of ether oxygens (including phenoxy) is 6. The summed E-state index contributed by atoms with van der Waals surface area (Å²) in [5, 5.41) is 2.00. The van der Waals surface area contributed by atoms with Gasteiger partial charge in [-0.2, -0.15) is 0 Å². The van der Waals surface area contributed by atoms with Crippen molar-refractivity contribution in [3.8, 4) is 77.6 Å². The minimum atomic E-state index is -0.137. The topological polar surface area (TPSA) is 72.5 Å². The van der Waals surface area contributed by atoms with Gasteiger partial charge >= 0.3 is 0 Å². The van der Waals surface area contributed by atoms with Crippen molar-refractivity contribution in [2.45, 2.75) is 0 Å². The van der Waals surface area contributed by atoms with Gasteiger partial charge in [-0.05, 0) is 144 Å². The van der Waals surface area contributed by atoms with Gasteiger partial charge in [-0.3, -0.25) is 4.79 Å². The zero-order valence-electron chi connectivity index (χ0n) is 31.7. The number of carbonyl (C=O) groups excluding carboxylic acids is 1. The van der Waals surface area contributed by atoms with E-state index in [4.69, 9.17) is 28.4 Å². The fourth-order valence-corrected chi connectivity index (χ4v) is 9.59. The van der Waals surface area contributed by atoms with Gasteiger partial charge in [-0.1, -0.05) is 0 Å². The summed E-state index contributed by atoms with van der Waals surface area (Å²) in [6, 6.07) is 39.5. The fraction of sp³-hybridized carbons (Fsp3) is 0.128. The normalized spacial score (nSPS) is 11.1. The van der Waals surface area contributed by atoms with Gasteiger partial charge in [-0.25, -0.2) is 0 Å². The average molecular weight is 779 g/mol. The molecule has 0 aliphatic heterocycles. The van der Waals surface area contributed by atoms with Crippen molar-refractivity contribution in [1.82, 2.24) is 0 Å². The molecule has 0 saturated carbocycles. The molecule has 0 radical (unpaired) electrons. The van der Waals surface area contributed by atoms with E-state index in [1.807, 2.05) is 109 Å². The number of thiophene rings is 2. The Labute approximate surface area is 333 Å². The van der Waals surface area contributed by atoms with Crippen LogP contribution in [-0.4, -0.2) is 48.4 Å². The molecule has 0 aliphatic rings. The van der Waals surface area contributed by atoms with Crippen LogP contribution in [0.15, 0.2) is 121 Å². The highest BCUT2D eigenvalue weighted by atomic mass is 32.1. The summed E-state index contributed by atoms with van der Waals surface area (Å²) in [5.74, 6) is 4.17. The summed E-state index contributed by atoms with van der Waals surface area (Å²) in [4.78, 5) is 17.5. The molecule has 0 bridgehead atoms. The van der Waals surface area contributed by atoms with Gasteiger partial charge < -0.3 is 28.4 Å². The Bertz CT molecular complexity index is 2540. The predicted octanol–water partition coefficient (Wildman–Crippen LogP) is 12.1. The van der Waals surface area contributed by atoms with Crippen molar-refractivity contribution in [2.75, 3.05) is 42.7 Å². The van der Waals surface area contributed by atoms with E-state index in [0.717, 1.165) is 86.3 Å². The van der Waals surface area contributed by atoms with Crippen LogP contribution >= 0.6 is 22.7 Å². The average Bonchev–Trinajstić information content (AvgIpc) is 3.84. The van der Waals surface area contributed by atoms with E-state index < -0.39 is 0 Å². The largest absolute Gasteiger partial charge is 0.497 e. The van der Waals surface area contributed by atoms with Crippen LogP contribution in [0.3, 0.4) is 0 Å². The SMILES string of the molecule is COc1ccc(-c2sc3cc(OC)ccc3c2-c2cc(OC)ccc2C(=O)c2ccc(OC)cc2-c2c(-c3ccc(OC)cc3)sc3cc(OC)ccc23)cc1. The standard InChI is InChI=1S/C47H38O7S2/c1-49-29-11-7-27(8-12-29)46-43(37-21-17-33(53-5)25-41(37)55-46)39-23-31(51-3)15-19-35(39)45(48)36-20-16-32(52-4)24-40(36)44-38-22-18-34(54-6)26-42(38)56-47(44)28-9-13-30(50-2)14-10-28/h7-26H,1-6H3. The number of hydrogen-bond acceptors (Lipinski definition) is 9. The lowest BCUT2D eigenvalue weighted by Crippen LogP contribution is -2.07. The number of ketones is 1. The van der Waals surface area contributed by atoms with E-state index in [9.17, 15) is 0 Å². The minimum absolute atomic E-state index is 0.137. The highest BCUT2D eigenvalue weighted by Crippen LogP contribution is 2.50. The van der Waals surface area contributed by atoms with Crippen molar-refractivity contribution < 1.29 is 33.2 Å². The maximum absolute atomic E-state index is 15.5. The van der Waals surface area contributed by atoms with E-state index in [2.05, 4.69) is 12.1 Å². The maximum Gasteiger partial charge on any atom is 0.194 e. The van der Waals surface area contributed by atoms with Gasteiger partial charge in [0.15, 0.2) is 5.78 Å². The zero-order chi connectivity index (χ0) is 38.9. The van der Waals surface area contributed by atoms with Crippen LogP contribution in [-0.2, 0) is 0 Å². The number of carbonyl (C=O) groups is 1. The van der Waals surface area contributed by atoms with Crippen LogP contribution < -0.4 is 28.4 Å². The molecular weight excluding hydrogens is 741 g/mol. The number of rotatable bonds is 12. The molecule has 8 aromatic rings. The van der Waals surface area contributed by atoms with Gasteiger partial charge in [0, 0.05) is 52.2 Å². The maximum atomic E-state index is 15.5. The molecule has 0 aliphatic carbocycles. The van der Waals surface area contributed by atoms with Crippen LogP contribution in [0.5, 0.6) is 34.5 Å². The van der Waals surface area contributed by atoms with E-state index in [-0.39, 0.29) is 5.78 Å². The van der Waals surface area contributed by atoms with E-state index in [0.29, 0.717) is 22.6 Å². The van der Waals surface area contributed by atoms with Crippen LogP contribution in [0.25, 0.3) is 63.3 Å². The molecule has 0 N–H and O–H groups in total. The van der Waals surface area contributed by atoms with Gasteiger partial charge in [0.2, 0.25) is 0 Å². The second-order valence-corrected chi connectivity index (χ2v) is 15.1. The van der Waals surface area contributed by atoms with E-state index >= 15 is 4.79 Å². The zero-order valence-corrected chi connectivity index (χ0v) is 33.4. The number of hydrogen-bond donors (Lipinski definition) is 0. The number of benzene rings is 6. The van der Waals surface area contributed by atoms with Gasteiger partial charge in [-0.15, -0.1) is 22.7 Å². The van der Waals surface area contributed by atoms with Crippen LogP contribution in [0.2, 0.25) is 0 Å². The molecule has 0 fully saturated rings. The summed E-state index contributed by atoms with van der Waals surface area (Å²) in [6.45, 7) is 0. The Morgan fingerprint density at radius 2 is 0.714 bits per heavy atom. The van der Waals surface area contributed by atoms with Crippen molar-refractivity contribution in [3.63, 3.8) is 0 Å². The van der Waals surface area contributed by atoms with Crippen molar-refractivity contribution in [3.05, 3.63) is 132 Å². The molecule has 280 valence electrons. The lowest BCUT2D eigenvalue weighted by molar-refractivity contribution is 0.104.